The van der Waals surface area contributed by atoms with E-state index in [0.29, 0.717) is 45.5 Å². The van der Waals surface area contributed by atoms with E-state index < -0.39 is 17.7 Å². The Morgan fingerprint density at radius 3 is 2.56 bits per heavy atom. The number of fused-ring (bicyclic) bond motifs is 1. The Balaban J connectivity index is 1.42. The van der Waals surface area contributed by atoms with Gasteiger partial charge in [-0.15, -0.1) is 0 Å². The average Bonchev–Trinajstić information content (AvgIpc) is 3.18. The fourth-order valence-corrected chi connectivity index (χ4v) is 6.20. The van der Waals surface area contributed by atoms with E-state index in [4.69, 9.17) is 23.2 Å². The molecule has 5 rings (SSSR count). The van der Waals surface area contributed by atoms with Crippen LogP contribution >= 0.6 is 23.2 Å². The monoisotopic (exact) mass is 540 g/mol. The number of benzene rings is 1. The normalized spacial score (nSPS) is 20.6. The van der Waals surface area contributed by atoms with Crippen LogP contribution in [0.25, 0.3) is 5.52 Å². The summed E-state index contributed by atoms with van der Waals surface area (Å²) < 4.78 is 43.1. The Bertz CT molecular complexity index is 1240. The lowest BCUT2D eigenvalue weighted by atomic mass is 9.80. The van der Waals surface area contributed by atoms with E-state index >= 15 is 0 Å². The third-order valence-electron chi connectivity index (χ3n) is 7.67. The van der Waals surface area contributed by atoms with E-state index in [1.165, 1.54) is 23.1 Å². The maximum atomic E-state index is 13.9. The van der Waals surface area contributed by atoms with Gasteiger partial charge in [-0.2, -0.15) is 18.3 Å². The molecular weight excluding hydrogens is 512 g/mol. The molecule has 0 saturated carbocycles. The average molecular weight is 541 g/mol. The second kappa shape index (κ2) is 10.0. The highest BCUT2D eigenvalue weighted by Crippen LogP contribution is 2.40. The van der Waals surface area contributed by atoms with Crippen molar-refractivity contribution in [2.45, 2.75) is 31.9 Å². The van der Waals surface area contributed by atoms with Gasteiger partial charge in [0.1, 0.15) is 5.82 Å². The lowest BCUT2D eigenvalue weighted by Crippen LogP contribution is -2.54. The van der Waals surface area contributed by atoms with Crippen molar-refractivity contribution in [3.8, 4) is 0 Å². The molecule has 0 spiro atoms. The van der Waals surface area contributed by atoms with E-state index in [1.807, 2.05) is 6.92 Å². The van der Waals surface area contributed by atoms with Crippen molar-refractivity contribution in [3.63, 3.8) is 0 Å². The predicted molar refractivity (Wildman–Crippen MR) is 136 cm³/mol. The number of hydrogen-bond acceptors (Lipinski definition) is 4. The van der Waals surface area contributed by atoms with Gasteiger partial charge in [0.2, 0.25) is 0 Å². The molecule has 10 heteroatoms. The summed E-state index contributed by atoms with van der Waals surface area (Å²) in [7, 11) is 0. The van der Waals surface area contributed by atoms with Crippen LogP contribution in [0.5, 0.6) is 0 Å². The molecule has 2 saturated heterocycles. The van der Waals surface area contributed by atoms with Crippen molar-refractivity contribution in [1.29, 1.82) is 0 Å². The third kappa shape index (κ3) is 4.93. The number of piperidine rings is 1. The number of hydrogen-bond donors (Lipinski definition) is 1. The van der Waals surface area contributed by atoms with Gasteiger partial charge in [-0.3, -0.25) is 0 Å². The first kappa shape index (κ1) is 25.6. The van der Waals surface area contributed by atoms with Gasteiger partial charge in [0.25, 0.3) is 0 Å². The van der Waals surface area contributed by atoms with Crippen LogP contribution in [-0.4, -0.2) is 59.0 Å². The SMILES string of the molecule is C[C@H](c1ccc(Cl)cc1Cl)c1cc(C(F)(F)F)c2ccc(N3CC([C@H]4CCCN(CCO)C4)C3)nn12. The van der Waals surface area contributed by atoms with Crippen LogP contribution in [0, 0.1) is 11.8 Å². The Morgan fingerprint density at radius 2 is 1.86 bits per heavy atom. The second-order valence-electron chi connectivity index (χ2n) is 9.95. The Morgan fingerprint density at radius 1 is 1.08 bits per heavy atom. The molecule has 2 aliphatic heterocycles. The molecule has 0 amide bonds. The number of halogens is 5. The van der Waals surface area contributed by atoms with Gasteiger partial charge in [-0.25, -0.2) is 4.52 Å². The van der Waals surface area contributed by atoms with Crippen LogP contribution in [0.1, 0.15) is 42.5 Å². The molecule has 2 aliphatic rings. The Labute approximate surface area is 218 Å². The molecule has 5 nitrogen and oxygen atoms in total. The third-order valence-corrected chi connectivity index (χ3v) is 8.23. The van der Waals surface area contributed by atoms with Gasteiger partial charge in [0.15, 0.2) is 0 Å². The van der Waals surface area contributed by atoms with Gasteiger partial charge in [-0.05, 0) is 67.1 Å². The Kier molecular flexibility index (Phi) is 7.15. The zero-order valence-electron chi connectivity index (χ0n) is 20.0. The molecule has 194 valence electrons. The zero-order chi connectivity index (χ0) is 25.6. The molecule has 36 heavy (non-hydrogen) atoms. The first-order chi connectivity index (χ1) is 17.2. The summed E-state index contributed by atoms with van der Waals surface area (Å²) in [5.74, 6) is 1.33. The molecule has 3 aromatic rings. The summed E-state index contributed by atoms with van der Waals surface area (Å²) in [4.78, 5) is 4.45. The number of likely N-dealkylation sites (tertiary alicyclic amines) is 1. The molecule has 0 aliphatic carbocycles. The zero-order valence-corrected chi connectivity index (χ0v) is 21.5. The minimum Gasteiger partial charge on any atom is -0.395 e. The van der Waals surface area contributed by atoms with Crippen LogP contribution in [0.15, 0.2) is 36.4 Å². The van der Waals surface area contributed by atoms with Crippen LogP contribution < -0.4 is 4.90 Å². The molecule has 1 N–H and O–H groups in total. The summed E-state index contributed by atoms with van der Waals surface area (Å²) in [6.45, 7) is 6.38. The summed E-state index contributed by atoms with van der Waals surface area (Å²) in [5.41, 5.74) is 0.436. The summed E-state index contributed by atoms with van der Waals surface area (Å²) in [6.07, 6.45) is -2.20. The molecule has 0 bridgehead atoms. The fourth-order valence-electron chi connectivity index (χ4n) is 5.63. The van der Waals surface area contributed by atoms with Crippen LogP contribution in [0.4, 0.5) is 19.0 Å². The molecule has 1 aromatic carbocycles. The first-order valence-electron chi connectivity index (χ1n) is 12.3. The lowest BCUT2D eigenvalue weighted by molar-refractivity contribution is -0.136. The van der Waals surface area contributed by atoms with Crippen molar-refractivity contribution in [1.82, 2.24) is 14.5 Å². The van der Waals surface area contributed by atoms with Gasteiger partial charge in [0, 0.05) is 42.1 Å². The standard InChI is InChI=1S/C26H29Cl2F3N4O/c1-16(20-5-4-19(27)11-22(20)28)24-12-21(26(29,30)31)23-6-7-25(32-35(23)24)34-14-18(15-34)17-3-2-8-33(13-17)9-10-36/h4-7,11-12,16-18,36H,2-3,8-10,13-15H2,1H3/t16-,17+/m1/s1. The van der Waals surface area contributed by atoms with Crippen molar-refractivity contribution < 1.29 is 18.3 Å². The summed E-state index contributed by atoms with van der Waals surface area (Å²) in [5, 5.41) is 14.8. The van der Waals surface area contributed by atoms with E-state index in [9.17, 15) is 18.3 Å². The van der Waals surface area contributed by atoms with Crippen molar-refractivity contribution in [3.05, 3.63) is 63.3 Å². The Hall–Kier alpha value is -2.00. The second-order valence-corrected chi connectivity index (χ2v) is 10.8. The number of aromatic nitrogens is 2. The smallest absolute Gasteiger partial charge is 0.395 e. The fraction of sp³-hybridized carbons (Fsp3) is 0.500. The van der Waals surface area contributed by atoms with Crippen molar-refractivity contribution >= 4 is 34.5 Å². The maximum absolute atomic E-state index is 13.9. The molecule has 2 fully saturated rings. The maximum Gasteiger partial charge on any atom is 0.418 e. The van der Waals surface area contributed by atoms with E-state index in [1.54, 1.807) is 24.3 Å². The summed E-state index contributed by atoms with van der Waals surface area (Å²) in [6, 6.07) is 9.41. The highest BCUT2D eigenvalue weighted by molar-refractivity contribution is 6.35. The summed E-state index contributed by atoms with van der Waals surface area (Å²) >= 11 is 12.4. The number of anilines is 1. The molecule has 0 unspecified atom stereocenters. The van der Waals surface area contributed by atoms with Gasteiger partial charge in [-0.1, -0.05) is 36.2 Å². The minimum absolute atomic E-state index is 0.0298. The lowest BCUT2D eigenvalue weighted by Gasteiger charge is -2.47. The molecular formula is C26H29Cl2F3N4O. The van der Waals surface area contributed by atoms with Crippen LogP contribution in [0.3, 0.4) is 0 Å². The van der Waals surface area contributed by atoms with E-state index in [-0.39, 0.29) is 12.1 Å². The molecule has 2 atom stereocenters. The molecule has 0 radical (unpaired) electrons. The number of β-amino-alcohol motifs (C(OH)–C–C–N with tert-alkyl or cyclic N) is 1. The van der Waals surface area contributed by atoms with Gasteiger partial charge < -0.3 is 14.9 Å². The quantitative estimate of drug-likeness (QED) is 0.419. The van der Waals surface area contributed by atoms with Gasteiger partial charge in [0.05, 0.1) is 23.4 Å². The number of rotatable bonds is 6. The topological polar surface area (TPSA) is 44.0 Å². The van der Waals surface area contributed by atoms with Crippen LogP contribution in [-0.2, 0) is 6.18 Å². The van der Waals surface area contributed by atoms with E-state index in [2.05, 4.69) is 14.9 Å². The van der Waals surface area contributed by atoms with Crippen molar-refractivity contribution in [2.75, 3.05) is 44.2 Å². The first-order valence-corrected chi connectivity index (χ1v) is 13.0. The molecule has 2 aromatic heterocycles. The minimum atomic E-state index is -4.50. The van der Waals surface area contributed by atoms with Gasteiger partial charge >= 0.3 is 6.18 Å². The van der Waals surface area contributed by atoms with Crippen LogP contribution in [0.2, 0.25) is 10.0 Å². The number of aliphatic hydroxyl groups excluding tert-OH is 1. The number of aliphatic hydroxyl groups is 1. The predicted octanol–water partition coefficient (Wildman–Crippen LogP) is 5.95. The number of nitrogens with zero attached hydrogens (tertiary/aromatic N) is 4. The highest BCUT2D eigenvalue weighted by Gasteiger charge is 2.38. The molecule has 4 heterocycles. The largest absolute Gasteiger partial charge is 0.418 e. The number of alkyl halides is 3. The van der Waals surface area contributed by atoms with E-state index in [0.717, 1.165) is 32.6 Å². The van der Waals surface area contributed by atoms with Crippen molar-refractivity contribution in [2.24, 2.45) is 11.8 Å². The highest BCUT2D eigenvalue weighted by atomic mass is 35.5.